The Labute approximate surface area is 127 Å². The van der Waals surface area contributed by atoms with Crippen molar-refractivity contribution >= 4 is 0 Å². The minimum atomic E-state index is 0.366. The first-order valence-electron chi connectivity index (χ1n) is 7.96. The Balaban J connectivity index is 1.57. The van der Waals surface area contributed by atoms with Gasteiger partial charge in [0.05, 0.1) is 13.2 Å². The summed E-state index contributed by atoms with van der Waals surface area (Å²) in [6.45, 7) is 3.42. The molecule has 0 atom stereocenters. The molecule has 116 valence electrons. The lowest BCUT2D eigenvalue weighted by molar-refractivity contribution is 0.0598. The zero-order valence-electron chi connectivity index (χ0n) is 13.2. The van der Waals surface area contributed by atoms with Crippen LogP contribution in [0.2, 0.25) is 0 Å². The van der Waals surface area contributed by atoms with Crippen LogP contribution in [-0.2, 0) is 6.54 Å². The van der Waals surface area contributed by atoms with Gasteiger partial charge in [-0.1, -0.05) is 6.07 Å². The summed E-state index contributed by atoms with van der Waals surface area (Å²) in [4.78, 5) is 2.37. The van der Waals surface area contributed by atoms with Crippen molar-refractivity contribution in [3.8, 4) is 11.5 Å². The Hall–Kier alpha value is -1.26. The van der Waals surface area contributed by atoms with Crippen LogP contribution in [0.3, 0.4) is 0 Å². The lowest BCUT2D eigenvalue weighted by Crippen LogP contribution is -2.56. The number of ether oxygens (including phenoxy) is 2. The normalized spacial score (nSPS) is 20.0. The van der Waals surface area contributed by atoms with Crippen molar-refractivity contribution in [3.05, 3.63) is 23.8 Å². The van der Waals surface area contributed by atoms with Gasteiger partial charge in [0.2, 0.25) is 0 Å². The number of nitrogens with one attached hydrogen (secondary N) is 1. The fourth-order valence-corrected chi connectivity index (χ4v) is 3.12. The maximum Gasteiger partial charge on any atom is 0.161 e. The molecule has 0 saturated heterocycles. The van der Waals surface area contributed by atoms with Gasteiger partial charge in [-0.15, -0.1) is 0 Å². The highest BCUT2D eigenvalue weighted by Crippen LogP contribution is 2.35. The predicted molar refractivity (Wildman–Crippen MR) is 84.0 cm³/mol. The fourth-order valence-electron chi connectivity index (χ4n) is 3.12. The second kappa shape index (κ2) is 6.24. The summed E-state index contributed by atoms with van der Waals surface area (Å²) in [7, 11) is 4.38. The minimum absolute atomic E-state index is 0.366. The van der Waals surface area contributed by atoms with E-state index in [1.165, 1.54) is 24.8 Å². The molecule has 1 heterocycles. The second-order valence-electron chi connectivity index (χ2n) is 6.41. The van der Waals surface area contributed by atoms with Crippen molar-refractivity contribution in [2.45, 2.75) is 37.8 Å². The lowest BCUT2D eigenvalue weighted by atomic mass is 9.75. The summed E-state index contributed by atoms with van der Waals surface area (Å²) < 4.78 is 11.4. The number of nitrogens with zero attached hydrogens (tertiary/aromatic N) is 1. The van der Waals surface area contributed by atoms with Gasteiger partial charge in [0.25, 0.3) is 0 Å². The van der Waals surface area contributed by atoms with Crippen LogP contribution in [0.15, 0.2) is 18.2 Å². The van der Waals surface area contributed by atoms with Gasteiger partial charge in [-0.05, 0) is 51.1 Å². The quantitative estimate of drug-likeness (QED) is 0.903. The SMILES string of the molecule is CN(C)C1(CNCc2ccc3c(c2)OCCCO3)CCC1. The van der Waals surface area contributed by atoms with Gasteiger partial charge >= 0.3 is 0 Å². The van der Waals surface area contributed by atoms with Gasteiger partial charge in [0.1, 0.15) is 0 Å². The van der Waals surface area contributed by atoms with Gasteiger partial charge in [-0.25, -0.2) is 0 Å². The number of fused-ring (bicyclic) bond motifs is 1. The van der Waals surface area contributed by atoms with E-state index < -0.39 is 0 Å². The molecule has 21 heavy (non-hydrogen) atoms. The minimum Gasteiger partial charge on any atom is -0.490 e. The first-order chi connectivity index (χ1) is 10.2. The average molecular weight is 290 g/mol. The molecule has 2 aliphatic rings. The Bertz CT molecular complexity index is 484. The molecule has 1 saturated carbocycles. The van der Waals surface area contributed by atoms with Gasteiger partial charge < -0.3 is 19.7 Å². The van der Waals surface area contributed by atoms with E-state index in [0.29, 0.717) is 5.54 Å². The number of hydrogen-bond donors (Lipinski definition) is 1. The Morgan fingerprint density at radius 1 is 1.10 bits per heavy atom. The highest BCUT2D eigenvalue weighted by molar-refractivity contribution is 5.43. The zero-order chi connectivity index (χ0) is 14.7. The van der Waals surface area contributed by atoms with Crippen molar-refractivity contribution in [3.63, 3.8) is 0 Å². The van der Waals surface area contributed by atoms with Gasteiger partial charge in [0, 0.05) is 25.0 Å². The topological polar surface area (TPSA) is 33.7 Å². The first-order valence-corrected chi connectivity index (χ1v) is 7.96. The molecule has 1 N–H and O–H groups in total. The molecule has 0 aromatic heterocycles. The molecule has 1 aromatic rings. The standard InChI is InChI=1S/C17H26N2O2/c1-19(2)17(7-3-8-17)13-18-12-14-5-6-15-16(11-14)21-10-4-9-20-15/h5-6,11,18H,3-4,7-10,12-13H2,1-2H3. The molecule has 3 rings (SSSR count). The van der Waals surface area contributed by atoms with E-state index in [4.69, 9.17) is 9.47 Å². The zero-order valence-corrected chi connectivity index (χ0v) is 13.2. The van der Waals surface area contributed by atoms with E-state index in [-0.39, 0.29) is 0 Å². The van der Waals surface area contributed by atoms with E-state index in [2.05, 4.69) is 36.4 Å². The third-order valence-electron chi connectivity index (χ3n) is 4.83. The van der Waals surface area contributed by atoms with Crippen molar-refractivity contribution in [2.24, 2.45) is 0 Å². The summed E-state index contributed by atoms with van der Waals surface area (Å²) >= 11 is 0. The predicted octanol–water partition coefficient (Wildman–Crippen LogP) is 2.42. The monoisotopic (exact) mass is 290 g/mol. The Kier molecular flexibility index (Phi) is 4.36. The molecule has 0 radical (unpaired) electrons. The van der Waals surface area contributed by atoms with Crippen molar-refractivity contribution in [2.75, 3.05) is 33.9 Å². The summed E-state index contributed by atoms with van der Waals surface area (Å²) in [6, 6.07) is 6.27. The summed E-state index contributed by atoms with van der Waals surface area (Å²) in [5.41, 5.74) is 1.62. The molecule has 1 aromatic carbocycles. The number of benzene rings is 1. The number of rotatable bonds is 5. The van der Waals surface area contributed by atoms with E-state index in [1.54, 1.807) is 0 Å². The summed E-state index contributed by atoms with van der Waals surface area (Å²) in [6.07, 6.45) is 4.90. The van der Waals surface area contributed by atoms with Crippen LogP contribution in [-0.4, -0.2) is 44.3 Å². The summed E-state index contributed by atoms with van der Waals surface area (Å²) in [5.74, 6) is 1.76. The van der Waals surface area contributed by atoms with E-state index >= 15 is 0 Å². The maximum atomic E-state index is 5.75. The highest BCUT2D eigenvalue weighted by atomic mass is 16.5. The number of likely N-dealkylation sites (N-methyl/N-ethyl adjacent to an activating group) is 1. The molecule has 1 aliphatic carbocycles. The smallest absolute Gasteiger partial charge is 0.161 e. The third kappa shape index (κ3) is 3.16. The molecular formula is C17H26N2O2. The highest BCUT2D eigenvalue weighted by Gasteiger charge is 2.38. The van der Waals surface area contributed by atoms with Gasteiger partial charge in [0.15, 0.2) is 11.5 Å². The summed E-state index contributed by atoms with van der Waals surface area (Å²) in [5, 5.41) is 3.61. The van der Waals surface area contributed by atoms with Crippen LogP contribution in [0, 0.1) is 0 Å². The average Bonchev–Trinajstić information content (AvgIpc) is 2.66. The van der Waals surface area contributed by atoms with Crippen molar-refractivity contribution < 1.29 is 9.47 Å². The lowest BCUT2D eigenvalue weighted by Gasteiger charge is -2.47. The van der Waals surface area contributed by atoms with Crippen LogP contribution in [0.25, 0.3) is 0 Å². The molecule has 1 fully saturated rings. The molecule has 0 bridgehead atoms. The molecule has 0 amide bonds. The number of hydrogen-bond acceptors (Lipinski definition) is 4. The maximum absolute atomic E-state index is 5.75. The Morgan fingerprint density at radius 3 is 2.52 bits per heavy atom. The first kappa shape index (κ1) is 14.7. The molecule has 4 heteroatoms. The van der Waals surface area contributed by atoms with Crippen LogP contribution >= 0.6 is 0 Å². The Morgan fingerprint density at radius 2 is 1.86 bits per heavy atom. The molecular weight excluding hydrogens is 264 g/mol. The molecule has 4 nitrogen and oxygen atoms in total. The van der Waals surface area contributed by atoms with Crippen LogP contribution in [0.4, 0.5) is 0 Å². The van der Waals surface area contributed by atoms with Crippen LogP contribution in [0.5, 0.6) is 11.5 Å². The van der Waals surface area contributed by atoms with Crippen molar-refractivity contribution in [1.29, 1.82) is 0 Å². The second-order valence-corrected chi connectivity index (χ2v) is 6.41. The molecule has 0 unspecified atom stereocenters. The third-order valence-corrected chi connectivity index (χ3v) is 4.83. The largest absolute Gasteiger partial charge is 0.490 e. The fraction of sp³-hybridized carbons (Fsp3) is 0.647. The van der Waals surface area contributed by atoms with Crippen LogP contribution < -0.4 is 14.8 Å². The van der Waals surface area contributed by atoms with E-state index in [1.807, 2.05) is 6.07 Å². The van der Waals surface area contributed by atoms with E-state index in [0.717, 1.165) is 44.2 Å². The van der Waals surface area contributed by atoms with Gasteiger partial charge in [-0.3, -0.25) is 0 Å². The van der Waals surface area contributed by atoms with Gasteiger partial charge in [-0.2, -0.15) is 0 Å². The molecule has 1 aliphatic heterocycles. The van der Waals surface area contributed by atoms with E-state index in [9.17, 15) is 0 Å². The molecule has 0 spiro atoms. The van der Waals surface area contributed by atoms with Crippen LogP contribution in [0.1, 0.15) is 31.2 Å². The van der Waals surface area contributed by atoms with Crippen molar-refractivity contribution in [1.82, 2.24) is 10.2 Å².